The maximum Gasteiger partial charge on any atom is 0.199 e. The Kier molecular flexibility index (Phi) is 6.50. The molecule has 0 saturated carbocycles. The van der Waals surface area contributed by atoms with Crippen molar-refractivity contribution in [1.29, 1.82) is 0 Å². The standard InChI is InChI=1S/C27H20Cl4O2/c1-12(2)15-9-8-13(3)19-16(10-14(4)18(19)11-15)6-5-7-17-26(32)20-21(27(17)33)23(29)25(31)24(30)22(20)28/h5-12H,1-4H3/b6-5+. The zero-order valence-electron chi connectivity index (χ0n) is 18.4. The molecule has 4 rings (SSSR count). The Hall–Kier alpha value is -2.10. The van der Waals surface area contributed by atoms with Crippen molar-refractivity contribution in [3.05, 3.63) is 95.5 Å². The van der Waals surface area contributed by atoms with E-state index in [2.05, 4.69) is 52.0 Å². The third kappa shape index (κ3) is 3.94. The summed E-state index contributed by atoms with van der Waals surface area (Å²) in [6, 6.07) is 8.63. The fraction of sp³-hybridized carbons (Fsp3) is 0.185. The van der Waals surface area contributed by atoms with Gasteiger partial charge in [0.15, 0.2) is 11.6 Å². The predicted molar refractivity (Wildman–Crippen MR) is 139 cm³/mol. The molecule has 6 heteroatoms. The number of fused-ring (bicyclic) bond motifs is 2. The topological polar surface area (TPSA) is 34.1 Å². The molecule has 0 aromatic heterocycles. The van der Waals surface area contributed by atoms with Crippen molar-refractivity contribution in [2.45, 2.75) is 33.6 Å². The van der Waals surface area contributed by atoms with Crippen LogP contribution in [0.25, 0.3) is 17.2 Å². The van der Waals surface area contributed by atoms with Crippen molar-refractivity contribution in [1.82, 2.24) is 0 Å². The molecular weight excluding hydrogens is 498 g/mol. The van der Waals surface area contributed by atoms with Crippen LogP contribution in [0.15, 0.2) is 42.0 Å². The van der Waals surface area contributed by atoms with E-state index in [4.69, 9.17) is 46.4 Å². The third-order valence-corrected chi connectivity index (χ3v) is 7.80. The fourth-order valence-corrected chi connectivity index (χ4v) is 5.23. The maximum atomic E-state index is 12.9. The maximum absolute atomic E-state index is 12.9. The van der Waals surface area contributed by atoms with Crippen LogP contribution in [0.2, 0.25) is 20.1 Å². The van der Waals surface area contributed by atoms with Gasteiger partial charge in [0.25, 0.3) is 0 Å². The van der Waals surface area contributed by atoms with Crippen molar-refractivity contribution in [3.63, 3.8) is 0 Å². The number of allylic oxidation sites excluding steroid dienone is 3. The van der Waals surface area contributed by atoms with Gasteiger partial charge in [-0.25, -0.2) is 0 Å². The Balaban J connectivity index is 1.76. The van der Waals surface area contributed by atoms with E-state index < -0.39 is 11.6 Å². The number of hydrogen-bond donors (Lipinski definition) is 0. The van der Waals surface area contributed by atoms with Crippen LogP contribution in [-0.2, 0) is 0 Å². The molecule has 0 amide bonds. The molecular formula is C27H20Cl4O2. The van der Waals surface area contributed by atoms with E-state index in [-0.39, 0.29) is 36.8 Å². The number of ketones is 2. The summed E-state index contributed by atoms with van der Waals surface area (Å²) in [6.45, 7) is 8.52. The second-order valence-corrected chi connectivity index (χ2v) is 10.0. The largest absolute Gasteiger partial charge is 0.288 e. The van der Waals surface area contributed by atoms with Crippen LogP contribution in [0.4, 0.5) is 0 Å². The van der Waals surface area contributed by atoms with Crippen LogP contribution in [-0.4, -0.2) is 11.6 Å². The van der Waals surface area contributed by atoms with Gasteiger partial charge < -0.3 is 0 Å². The normalized spacial score (nSPS) is 13.7. The number of halogens is 4. The smallest absolute Gasteiger partial charge is 0.199 e. The Morgan fingerprint density at radius 3 is 1.88 bits per heavy atom. The van der Waals surface area contributed by atoms with E-state index in [9.17, 15) is 9.59 Å². The van der Waals surface area contributed by atoms with Gasteiger partial charge >= 0.3 is 0 Å². The first kappa shape index (κ1) is 24.0. The number of Topliss-reactive ketones (excluding diaryl/α,β-unsaturated/α-hetero) is 2. The molecule has 0 spiro atoms. The van der Waals surface area contributed by atoms with Crippen molar-refractivity contribution in [2.24, 2.45) is 0 Å². The van der Waals surface area contributed by atoms with E-state index in [0.717, 1.165) is 16.7 Å². The van der Waals surface area contributed by atoms with Crippen LogP contribution in [0.5, 0.6) is 0 Å². The zero-order valence-corrected chi connectivity index (χ0v) is 21.5. The van der Waals surface area contributed by atoms with Gasteiger partial charge in [0.1, 0.15) is 0 Å². The first-order valence-corrected chi connectivity index (χ1v) is 11.9. The lowest BCUT2D eigenvalue weighted by Crippen LogP contribution is -2.00. The SMILES string of the molecule is Cc1cc(/C=C/C=C2C(=O)c3c(Cl)c(Cl)c(Cl)c(Cl)c3C2=O)c2c(C)ccc(C(C)C)cc1-2. The quantitative estimate of drug-likeness (QED) is 0.150. The molecule has 0 saturated heterocycles. The summed E-state index contributed by atoms with van der Waals surface area (Å²) in [7, 11) is 0. The molecule has 2 nitrogen and oxygen atoms in total. The van der Waals surface area contributed by atoms with Gasteiger partial charge in [0.05, 0.1) is 36.8 Å². The summed E-state index contributed by atoms with van der Waals surface area (Å²) in [5, 5.41) is -0.201. The first-order valence-electron chi connectivity index (χ1n) is 10.4. The van der Waals surface area contributed by atoms with E-state index in [1.54, 1.807) is 6.08 Å². The highest BCUT2D eigenvalue weighted by atomic mass is 35.5. The van der Waals surface area contributed by atoms with E-state index >= 15 is 0 Å². The van der Waals surface area contributed by atoms with E-state index in [1.807, 2.05) is 6.08 Å². The molecule has 33 heavy (non-hydrogen) atoms. The highest BCUT2D eigenvalue weighted by molar-refractivity contribution is 6.57. The Morgan fingerprint density at radius 1 is 0.758 bits per heavy atom. The number of carbonyl (C=O) groups excluding carboxylic acids is 2. The number of hydrogen-bond acceptors (Lipinski definition) is 2. The van der Waals surface area contributed by atoms with Crippen molar-refractivity contribution >= 4 is 64.0 Å². The lowest BCUT2D eigenvalue weighted by molar-refractivity contribution is 0.0989. The van der Waals surface area contributed by atoms with Crippen molar-refractivity contribution in [3.8, 4) is 11.1 Å². The molecule has 0 aliphatic heterocycles. The molecule has 0 fully saturated rings. The summed E-state index contributed by atoms with van der Waals surface area (Å²) >= 11 is 24.6. The molecule has 3 aliphatic carbocycles. The van der Waals surface area contributed by atoms with Gasteiger partial charge in [-0.2, -0.15) is 0 Å². The van der Waals surface area contributed by atoms with E-state index in [0.29, 0.717) is 5.92 Å². The lowest BCUT2D eigenvalue weighted by Gasteiger charge is -2.07. The summed E-state index contributed by atoms with van der Waals surface area (Å²) in [5.41, 5.74) is 6.91. The molecule has 0 heterocycles. The Bertz CT molecular complexity index is 1330. The molecule has 0 bridgehead atoms. The minimum absolute atomic E-state index is 0.000550. The summed E-state index contributed by atoms with van der Waals surface area (Å²) in [4.78, 5) is 25.9. The second kappa shape index (κ2) is 8.92. The van der Waals surface area contributed by atoms with Crippen LogP contribution in [0.3, 0.4) is 0 Å². The number of aryl methyl sites for hydroxylation is 2. The summed E-state index contributed by atoms with van der Waals surface area (Å²) < 4.78 is 0. The van der Waals surface area contributed by atoms with Gasteiger partial charge in [0, 0.05) is 0 Å². The highest BCUT2D eigenvalue weighted by Gasteiger charge is 2.39. The number of benzene rings is 1. The average molecular weight is 518 g/mol. The van der Waals surface area contributed by atoms with Gasteiger partial charge in [-0.05, 0) is 59.2 Å². The predicted octanol–water partition coefficient (Wildman–Crippen LogP) is 9.16. The molecule has 3 aliphatic rings. The van der Waals surface area contributed by atoms with Crippen LogP contribution in [0.1, 0.15) is 62.7 Å². The van der Waals surface area contributed by atoms with Crippen LogP contribution >= 0.6 is 46.4 Å². The molecule has 0 unspecified atom stereocenters. The van der Waals surface area contributed by atoms with Crippen molar-refractivity contribution < 1.29 is 9.59 Å². The average Bonchev–Trinajstić information content (AvgIpc) is 3.12. The first-order chi connectivity index (χ1) is 15.5. The monoisotopic (exact) mass is 516 g/mol. The summed E-state index contributed by atoms with van der Waals surface area (Å²) in [5.74, 6) is -0.615. The Labute approximate surface area is 213 Å². The van der Waals surface area contributed by atoms with Crippen LogP contribution in [0, 0.1) is 13.8 Å². The molecule has 168 valence electrons. The van der Waals surface area contributed by atoms with Crippen molar-refractivity contribution in [2.75, 3.05) is 0 Å². The number of carbonyl (C=O) groups is 2. The molecule has 1 aromatic rings. The minimum atomic E-state index is -0.516. The van der Waals surface area contributed by atoms with Gasteiger partial charge in [-0.1, -0.05) is 96.7 Å². The lowest BCUT2D eigenvalue weighted by atomic mass is 10.0. The van der Waals surface area contributed by atoms with Gasteiger partial charge in [0.2, 0.25) is 0 Å². The second-order valence-electron chi connectivity index (χ2n) is 8.49. The zero-order chi connectivity index (χ0) is 24.2. The molecule has 0 atom stereocenters. The van der Waals surface area contributed by atoms with Gasteiger partial charge in [-0.15, -0.1) is 0 Å². The molecule has 1 aromatic carbocycles. The Morgan fingerprint density at radius 2 is 1.33 bits per heavy atom. The van der Waals surface area contributed by atoms with E-state index in [1.165, 1.54) is 22.8 Å². The third-order valence-electron chi connectivity index (χ3n) is 6.00. The summed E-state index contributed by atoms with van der Waals surface area (Å²) in [6.07, 6.45) is 5.09. The van der Waals surface area contributed by atoms with Crippen LogP contribution < -0.4 is 0 Å². The minimum Gasteiger partial charge on any atom is -0.288 e. The molecule has 0 radical (unpaired) electrons. The highest BCUT2D eigenvalue weighted by Crippen LogP contribution is 2.46. The fourth-order valence-electron chi connectivity index (χ4n) is 4.20. The number of rotatable bonds is 3. The van der Waals surface area contributed by atoms with Gasteiger partial charge in [-0.3, -0.25) is 9.59 Å². The molecule has 0 N–H and O–H groups in total.